The van der Waals surface area contributed by atoms with Crippen LogP contribution in [0.2, 0.25) is 0 Å². The van der Waals surface area contributed by atoms with Gasteiger partial charge in [-0.2, -0.15) is 0 Å². The summed E-state index contributed by atoms with van der Waals surface area (Å²) >= 11 is 0. The Morgan fingerprint density at radius 1 is 1.21 bits per heavy atom. The topological polar surface area (TPSA) is 109 Å². The van der Waals surface area contributed by atoms with Gasteiger partial charge in [0.1, 0.15) is 12.1 Å². The number of H-pyrrole nitrogens is 1. The second-order valence-corrected chi connectivity index (χ2v) is 6.99. The van der Waals surface area contributed by atoms with Gasteiger partial charge in [-0.1, -0.05) is 12.8 Å². The predicted molar refractivity (Wildman–Crippen MR) is 105 cm³/mol. The Morgan fingerprint density at radius 2 is 2.04 bits per heavy atom. The van der Waals surface area contributed by atoms with Crippen LogP contribution in [-0.4, -0.2) is 32.4 Å². The fraction of sp³-hybridized carbons (Fsp3) is 0.300. The van der Waals surface area contributed by atoms with Crippen molar-refractivity contribution in [1.29, 1.82) is 0 Å². The zero-order valence-electron chi connectivity index (χ0n) is 15.3. The van der Waals surface area contributed by atoms with Crippen LogP contribution in [0.15, 0.2) is 47.7 Å². The Morgan fingerprint density at radius 3 is 2.86 bits per heavy atom. The number of amides is 2. The van der Waals surface area contributed by atoms with Crippen molar-refractivity contribution >= 4 is 28.5 Å². The molecule has 2 amide bonds. The highest BCUT2D eigenvalue weighted by Gasteiger charge is 2.20. The second-order valence-electron chi connectivity index (χ2n) is 6.99. The third-order valence-corrected chi connectivity index (χ3v) is 4.97. The van der Waals surface area contributed by atoms with Crippen molar-refractivity contribution in [2.75, 3.05) is 5.32 Å². The third-order valence-electron chi connectivity index (χ3n) is 4.97. The molecule has 3 N–H and O–H groups in total. The molecule has 0 saturated heterocycles. The van der Waals surface area contributed by atoms with E-state index in [0.29, 0.717) is 5.69 Å². The van der Waals surface area contributed by atoms with Gasteiger partial charge in [-0.3, -0.25) is 14.4 Å². The Kier molecular flexibility index (Phi) is 4.92. The zero-order chi connectivity index (χ0) is 19.5. The molecule has 2 aromatic heterocycles. The molecule has 3 aromatic rings. The average molecular weight is 379 g/mol. The first-order valence-electron chi connectivity index (χ1n) is 9.33. The number of nitrogens with one attached hydrogen (secondary N) is 3. The maximum absolute atomic E-state index is 12.6. The van der Waals surface area contributed by atoms with Gasteiger partial charge in [-0.05, 0) is 43.2 Å². The first-order chi connectivity index (χ1) is 13.6. The van der Waals surface area contributed by atoms with Gasteiger partial charge >= 0.3 is 0 Å². The molecular weight excluding hydrogens is 358 g/mol. The van der Waals surface area contributed by atoms with E-state index in [1.54, 1.807) is 30.6 Å². The van der Waals surface area contributed by atoms with Crippen LogP contribution in [0.1, 0.15) is 36.0 Å². The van der Waals surface area contributed by atoms with Crippen LogP contribution in [-0.2, 0) is 11.3 Å². The summed E-state index contributed by atoms with van der Waals surface area (Å²) in [6.07, 6.45) is 7.15. The number of benzene rings is 1. The Bertz CT molecular complexity index is 1080. The number of aromatic nitrogens is 3. The van der Waals surface area contributed by atoms with Gasteiger partial charge in [-0.15, -0.1) is 0 Å². The summed E-state index contributed by atoms with van der Waals surface area (Å²) in [5.41, 5.74) is 1.79. The number of anilines is 1. The van der Waals surface area contributed by atoms with Crippen molar-refractivity contribution < 1.29 is 9.59 Å². The third kappa shape index (κ3) is 3.80. The molecule has 8 heteroatoms. The van der Waals surface area contributed by atoms with E-state index in [-0.39, 0.29) is 30.0 Å². The summed E-state index contributed by atoms with van der Waals surface area (Å²) in [7, 11) is 0. The van der Waals surface area contributed by atoms with Gasteiger partial charge in [-0.25, -0.2) is 4.98 Å². The van der Waals surface area contributed by atoms with Crippen LogP contribution in [0.5, 0.6) is 0 Å². The molecule has 1 fully saturated rings. The Balaban J connectivity index is 1.45. The van der Waals surface area contributed by atoms with Crippen molar-refractivity contribution in [3.63, 3.8) is 0 Å². The molecule has 0 unspecified atom stereocenters. The number of imidazole rings is 1. The lowest BCUT2D eigenvalue weighted by molar-refractivity contribution is -0.116. The number of pyridine rings is 1. The molecule has 8 nitrogen and oxygen atoms in total. The molecule has 144 valence electrons. The van der Waals surface area contributed by atoms with Crippen LogP contribution >= 0.6 is 0 Å². The quantitative estimate of drug-likeness (QED) is 0.630. The second kappa shape index (κ2) is 7.67. The summed E-state index contributed by atoms with van der Waals surface area (Å²) < 4.78 is 1.24. The number of hydrogen-bond acceptors (Lipinski definition) is 4. The molecule has 0 aliphatic heterocycles. The summed E-state index contributed by atoms with van der Waals surface area (Å²) in [5, 5.41) is 5.67. The normalized spacial score (nSPS) is 14.3. The highest BCUT2D eigenvalue weighted by molar-refractivity contribution is 5.95. The van der Waals surface area contributed by atoms with Crippen LogP contribution in [0.25, 0.3) is 11.0 Å². The molecule has 0 radical (unpaired) electrons. The van der Waals surface area contributed by atoms with E-state index in [4.69, 9.17) is 0 Å². The Labute approximate surface area is 161 Å². The minimum absolute atomic E-state index is 0.0566. The largest absolute Gasteiger partial charge is 0.349 e. The molecule has 0 spiro atoms. The van der Waals surface area contributed by atoms with Crippen molar-refractivity contribution in [2.24, 2.45) is 0 Å². The van der Waals surface area contributed by atoms with E-state index in [2.05, 4.69) is 20.6 Å². The van der Waals surface area contributed by atoms with Crippen LogP contribution in [0, 0.1) is 0 Å². The number of nitrogens with zero attached hydrogens (tertiary/aromatic N) is 2. The summed E-state index contributed by atoms with van der Waals surface area (Å²) in [6, 6.07) is 8.54. The van der Waals surface area contributed by atoms with Crippen LogP contribution in [0.4, 0.5) is 5.69 Å². The number of fused-ring (bicyclic) bond motifs is 1. The number of rotatable bonds is 5. The number of carbonyl (C=O) groups excluding carboxylic acids is 2. The molecule has 1 saturated carbocycles. The van der Waals surface area contributed by atoms with Gasteiger partial charge in [0.25, 0.3) is 11.5 Å². The zero-order valence-corrected chi connectivity index (χ0v) is 15.3. The summed E-state index contributed by atoms with van der Waals surface area (Å²) in [5.74, 6) is -0.731. The van der Waals surface area contributed by atoms with Crippen LogP contribution < -0.4 is 16.2 Å². The van der Waals surface area contributed by atoms with E-state index in [9.17, 15) is 14.4 Å². The van der Waals surface area contributed by atoms with Gasteiger partial charge in [0.05, 0.1) is 17.4 Å². The minimum Gasteiger partial charge on any atom is -0.349 e. The molecule has 1 aliphatic carbocycles. The van der Waals surface area contributed by atoms with Crippen molar-refractivity contribution in [3.8, 4) is 0 Å². The summed E-state index contributed by atoms with van der Waals surface area (Å²) in [6.45, 7) is -0.176. The molecule has 1 aliphatic rings. The van der Waals surface area contributed by atoms with E-state index in [1.165, 1.54) is 16.8 Å². The molecule has 0 atom stereocenters. The number of carbonyl (C=O) groups is 2. The first-order valence-corrected chi connectivity index (χ1v) is 9.33. The number of hydrogen-bond donors (Lipinski definition) is 3. The lowest BCUT2D eigenvalue weighted by Gasteiger charge is -2.13. The van der Waals surface area contributed by atoms with E-state index in [0.717, 1.165) is 36.7 Å². The van der Waals surface area contributed by atoms with E-state index >= 15 is 0 Å². The van der Waals surface area contributed by atoms with Gasteiger partial charge in [0.2, 0.25) is 5.91 Å². The summed E-state index contributed by atoms with van der Waals surface area (Å²) in [4.78, 5) is 44.5. The van der Waals surface area contributed by atoms with Gasteiger partial charge in [0.15, 0.2) is 0 Å². The molecule has 0 bridgehead atoms. The SMILES string of the molecule is O=C(Cn1cccc(C(=O)NC2CCCC2)c1=O)Nc1ccc2nc[nH]c2c1. The standard InChI is InChI=1S/C20H21N5O3/c26-18(23-14-7-8-16-17(10-14)22-12-21-16)11-25-9-3-6-15(20(25)28)19(27)24-13-4-1-2-5-13/h3,6-10,12-13H,1-2,4-5,11H2,(H,21,22)(H,23,26)(H,24,27). The molecule has 1 aromatic carbocycles. The minimum atomic E-state index is -0.475. The van der Waals surface area contributed by atoms with Gasteiger partial charge < -0.3 is 20.2 Å². The lowest BCUT2D eigenvalue weighted by atomic mass is 10.2. The fourth-order valence-corrected chi connectivity index (χ4v) is 3.54. The molecular formula is C20H21N5O3. The van der Waals surface area contributed by atoms with Crippen molar-refractivity contribution in [3.05, 3.63) is 58.8 Å². The highest BCUT2D eigenvalue weighted by atomic mass is 16.2. The monoisotopic (exact) mass is 379 g/mol. The van der Waals surface area contributed by atoms with Crippen LogP contribution in [0.3, 0.4) is 0 Å². The molecule has 28 heavy (non-hydrogen) atoms. The maximum atomic E-state index is 12.6. The molecule has 2 heterocycles. The van der Waals surface area contributed by atoms with Crippen molar-refractivity contribution in [1.82, 2.24) is 19.9 Å². The van der Waals surface area contributed by atoms with Crippen molar-refractivity contribution in [2.45, 2.75) is 38.3 Å². The van der Waals surface area contributed by atoms with E-state index < -0.39 is 5.56 Å². The smallest absolute Gasteiger partial charge is 0.263 e. The molecule has 4 rings (SSSR count). The van der Waals surface area contributed by atoms with Gasteiger partial charge in [0, 0.05) is 17.9 Å². The lowest BCUT2D eigenvalue weighted by Crippen LogP contribution is -2.38. The average Bonchev–Trinajstić information content (AvgIpc) is 3.34. The predicted octanol–water partition coefficient (Wildman–Crippen LogP) is 2.04. The Hall–Kier alpha value is -3.42. The maximum Gasteiger partial charge on any atom is 0.263 e. The van der Waals surface area contributed by atoms with E-state index in [1.807, 2.05) is 0 Å². The fourth-order valence-electron chi connectivity index (χ4n) is 3.54. The highest BCUT2D eigenvalue weighted by Crippen LogP contribution is 2.18. The first kappa shape index (κ1) is 18.0. The number of aromatic amines is 1.